The van der Waals surface area contributed by atoms with Crippen molar-refractivity contribution >= 4 is 46.3 Å². The number of amides is 2. The summed E-state index contributed by atoms with van der Waals surface area (Å²) in [5.74, 6) is 4.16. The summed E-state index contributed by atoms with van der Waals surface area (Å²) in [6, 6.07) is 13.0. The largest absolute Gasteiger partial charge is 0.493 e. The first-order chi connectivity index (χ1) is 19.1. The molecule has 0 saturated carbocycles. The van der Waals surface area contributed by atoms with E-state index in [1.54, 1.807) is 19.2 Å². The number of hydrogen-bond donors (Lipinski definition) is 1. The molecule has 1 saturated heterocycles. The predicted molar refractivity (Wildman–Crippen MR) is 159 cm³/mol. The van der Waals surface area contributed by atoms with E-state index in [1.807, 2.05) is 49.0 Å². The van der Waals surface area contributed by atoms with Crippen molar-refractivity contribution in [3.63, 3.8) is 0 Å². The number of hydrazone groups is 1. The maximum absolute atomic E-state index is 12.6. The summed E-state index contributed by atoms with van der Waals surface area (Å²) in [6.07, 6.45) is 1.25. The highest BCUT2D eigenvalue weighted by Gasteiger charge is 2.23. The molecule has 0 radical (unpaired) electrons. The van der Waals surface area contributed by atoms with Gasteiger partial charge in [-0.05, 0) is 48.7 Å². The van der Waals surface area contributed by atoms with Crippen molar-refractivity contribution in [1.29, 1.82) is 0 Å². The fourth-order valence-corrected chi connectivity index (χ4v) is 5.86. The zero-order valence-corrected chi connectivity index (χ0v) is 24.2. The molecule has 0 spiro atoms. The quantitative estimate of drug-likeness (QED) is 0.331. The Morgan fingerprint density at radius 1 is 1.08 bits per heavy atom. The van der Waals surface area contributed by atoms with E-state index < -0.39 is 6.09 Å². The van der Waals surface area contributed by atoms with Crippen LogP contribution in [0.2, 0.25) is 0 Å². The number of methoxy groups -OCH3 is 1. The Kier molecular flexibility index (Phi) is 11.2. The van der Waals surface area contributed by atoms with Crippen molar-refractivity contribution in [3.05, 3.63) is 53.6 Å². The van der Waals surface area contributed by atoms with Crippen molar-refractivity contribution in [2.75, 3.05) is 62.5 Å². The average Bonchev–Trinajstić information content (AvgIpc) is 2.97. The third kappa shape index (κ3) is 8.81. The standard InChI is InChI=1S/C28H36N4O5S2/c1-3-14-36-26-18-22(7-10-25(26)35-2)24-20-39-28(34)32(30-24)19-21-5-8-23(9-6-21)29-27(33)37-15-4-11-31-12-16-38-17-13-31/h5-10,18H,3-4,11-17,19-20H2,1-2H3,(H,29,33). The number of hydrogen-bond acceptors (Lipinski definition) is 9. The Bertz CT molecular complexity index is 1140. The second-order valence-corrected chi connectivity index (χ2v) is 11.3. The second-order valence-electron chi connectivity index (χ2n) is 9.14. The van der Waals surface area contributed by atoms with E-state index in [2.05, 4.69) is 15.3 Å². The first-order valence-corrected chi connectivity index (χ1v) is 15.4. The summed E-state index contributed by atoms with van der Waals surface area (Å²) in [5, 5.41) is 8.77. The maximum Gasteiger partial charge on any atom is 0.411 e. The van der Waals surface area contributed by atoms with E-state index in [0.29, 0.717) is 42.7 Å². The lowest BCUT2D eigenvalue weighted by molar-refractivity contribution is 0.153. The Labute approximate surface area is 238 Å². The molecule has 210 valence electrons. The van der Waals surface area contributed by atoms with E-state index >= 15 is 0 Å². The molecule has 39 heavy (non-hydrogen) atoms. The van der Waals surface area contributed by atoms with E-state index in [4.69, 9.17) is 14.2 Å². The van der Waals surface area contributed by atoms with Gasteiger partial charge in [-0.15, -0.1) is 0 Å². The van der Waals surface area contributed by atoms with Crippen LogP contribution in [0.3, 0.4) is 0 Å². The molecule has 2 aliphatic heterocycles. The van der Waals surface area contributed by atoms with Crippen LogP contribution in [-0.2, 0) is 11.3 Å². The fourth-order valence-electron chi connectivity index (χ4n) is 4.14. The molecule has 11 heteroatoms. The molecule has 2 aromatic carbocycles. The van der Waals surface area contributed by atoms with Gasteiger partial charge >= 0.3 is 11.3 Å². The number of anilines is 1. The van der Waals surface area contributed by atoms with E-state index in [0.717, 1.165) is 49.3 Å². The number of thioether (sulfide) groups is 2. The van der Waals surface area contributed by atoms with Gasteiger partial charge in [0, 0.05) is 48.1 Å². The SMILES string of the molecule is CCCOc1cc(C2=NN(Cc3ccc(NC(=O)OCCCN4CCSCC4)cc3)C(=O)SC2)ccc1OC. The van der Waals surface area contributed by atoms with Crippen LogP contribution in [0.4, 0.5) is 15.3 Å². The number of ether oxygens (including phenoxy) is 3. The lowest BCUT2D eigenvalue weighted by atomic mass is 10.1. The summed E-state index contributed by atoms with van der Waals surface area (Å²) in [5.41, 5.74) is 3.22. The Hall–Kier alpha value is -2.89. The first-order valence-electron chi connectivity index (χ1n) is 13.2. The van der Waals surface area contributed by atoms with E-state index in [-0.39, 0.29) is 5.24 Å². The highest BCUT2D eigenvalue weighted by molar-refractivity contribution is 8.14. The molecule has 0 aliphatic carbocycles. The minimum Gasteiger partial charge on any atom is -0.493 e. The van der Waals surface area contributed by atoms with Crippen LogP contribution in [0.5, 0.6) is 11.5 Å². The summed E-state index contributed by atoms with van der Waals surface area (Å²) >= 11 is 3.20. The monoisotopic (exact) mass is 572 g/mol. The van der Waals surface area contributed by atoms with Crippen LogP contribution in [0.15, 0.2) is 47.6 Å². The summed E-state index contributed by atoms with van der Waals surface area (Å²) in [4.78, 5) is 27.2. The van der Waals surface area contributed by atoms with Crippen molar-refractivity contribution < 1.29 is 23.8 Å². The van der Waals surface area contributed by atoms with Gasteiger partial charge in [0.25, 0.3) is 0 Å². The predicted octanol–water partition coefficient (Wildman–Crippen LogP) is 5.54. The van der Waals surface area contributed by atoms with Gasteiger partial charge in [0.05, 0.1) is 32.6 Å². The fraction of sp³-hybridized carbons (Fsp3) is 0.464. The topological polar surface area (TPSA) is 92.7 Å². The zero-order chi connectivity index (χ0) is 27.5. The molecule has 2 aliphatic rings. The molecular formula is C28H36N4O5S2. The minimum atomic E-state index is -0.462. The molecule has 0 bridgehead atoms. The third-order valence-corrected chi connectivity index (χ3v) is 8.05. The van der Waals surface area contributed by atoms with Gasteiger partial charge in [0.15, 0.2) is 11.5 Å². The molecular weight excluding hydrogens is 536 g/mol. The molecule has 2 heterocycles. The van der Waals surface area contributed by atoms with Crippen LogP contribution in [0, 0.1) is 0 Å². The van der Waals surface area contributed by atoms with Crippen molar-refractivity contribution in [2.45, 2.75) is 26.3 Å². The molecule has 4 rings (SSSR count). The number of carbonyl (C=O) groups excluding carboxylic acids is 2. The maximum atomic E-state index is 12.6. The minimum absolute atomic E-state index is 0.108. The van der Waals surface area contributed by atoms with Crippen molar-refractivity contribution in [3.8, 4) is 11.5 Å². The molecule has 0 atom stereocenters. The number of rotatable bonds is 12. The molecule has 0 aromatic heterocycles. The van der Waals surface area contributed by atoms with Crippen LogP contribution >= 0.6 is 23.5 Å². The smallest absolute Gasteiger partial charge is 0.411 e. The highest BCUT2D eigenvalue weighted by atomic mass is 32.2. The normalized spacial score (nSPS) is 16.0. The summed E-state index contributed by atoms with van der Waals surface area (Å²) < 4.78 is 16.6. The second kappa shape index (κ2) is 15.0. The van der Waals surface area contributed by atoms with Gasteiger partial charge in [-0.25, -0.2) is 9.80 Å². The average molecular weight is 573 g/mol. The van der Waals surface area contributed by atoms with Crippen LogP contribution in [-0.4, -0.2) is 84.2 Å². The van der Waals surface area contributed by atoms with Crippen LogP contribution in [0.1, 0.15) is 30.9 Å². The van der Waals surface area contributed by atoms with E-state index in [9.17, 15) is 9.59 Å². The lowest BCUT2D eigenvalue weighted by Crippen LogP contribution is -2.34. The van der Waals surface area contributed by atoms with Gasteiger partial charge < -0.3 is 19.1 Å². The zero-order valence-electron chi connectivity index (χ0n) is 22.5. The van der Waals surface area contributed by atoms with Gasteiger partial charge in [-0.2, -0.15) is 16.9 Å². The Morgan fingerprint density at radius 3 is 2.62 bits per heavy atom. The van der Waals surface area contributed by atoms with E-state index in [1.165, 1.54) is 28.3 Å². The van der Waals surface area contributed by atoms with Gasteiger partial charge in [-0.1, -0.05) is 30.8 Å². The van der Waals surface area contributed by atoms with Crippen molar-refractivity contribution in [2.24, 2.45) is 5.10 Å². The van der Waals surface area contributed by atoms with Gasteiger partial charge in [0.1, 0.15) is 0 Å². The highest BCUT2D eigenvalue weighted by Crippen LogP contribution is 2.30. The third-order valence-electron chi connectivity index (χ3n) is 6.23. The summed E-state index contributed by atoms with van der Waals surface area (Å²) in [7, 11) is 1.61. The van der Waals surface area contributed by atoms with Crippen molar-refractivity contribution in [1.82, 2.24) is 9.91 Å². The first kappa shape index (κ1) is 29.1. The van der Waals surface area contributed by atoms with Gasteiger partial charge in [-0.3, -0.25) is 10.1 Å². The number of carbonyl (C=O) groups is 2. The lowest BCUT2D eigenvalue weighted by Gasteiger charge is -2.25. The molecule has 1 N–H and O–H groups in total. The van der Waals surface area contributed by atoms with Crippen LogP contribution in [0.25, 0.3) is 0 Å². The molecule has 9 nitrogen and oxygen atoms in total. The number of nitrogens with one attached hydrogen (secondary N) is 1. The van der Waals surface area contributed by atoms with Gasteiger partial charge in [0.2, 0.25) is 0 Å². The molecule has 2 amide bonds. The Morgan fingerprint density at radius 2 is 1.87 bits per heavy atom. The molecule has 2 aromatic rings. The number of nitrogens with zero attached hydrogens (tertiary/aromatic N) is 3. The molecule has 0 unspecified atom stereocenters. The Balaban J connectivity index is 1.29. The molecule has 1 fully saturated rings. The van der Waals surface area contributed by atoms with Crippen LogP contribution < -0.4 is 14.8 Å². The number of benzene rings is 2. The summed E-state index contributed by atoms with van der Waals surface area (Å²) in [6.45, 7) is 6.52.